The molecule has 0 bridgehead atoms. The molecule has 2 fully saturated rings. The Hall–Kier alpha value is -1.68. The van der Waals surface area contributed by atoms with E-state index in [0.717, 1.165) is 19.0 Å². The first-order chi connectivity index (χ1) is 13.2. The summed E-state index contributed by atoms with van der Waals surface area (Å²) in [7, 11) is 0. The van der Waals surface area contributed by atoms with Gasteiger partial charge in [0.1, 0.15) is 0 Å². The van der Waals surface area contributed by atoms with Crippen LogP contribution < -0.4 is 5.32 Å². The quantitative estimate of drug-likeness (QED) is 0.746. The molecule has 0 radical (unpaired) electrons. The first-order valence-corrected chi connectivity index (χ1v) is 10.4. The van der Waals surface area contributed by atoms with Gasteiger partial charge in [0.2, 0.25) is 0 Å². The van der Waals surface area contributed by atoms with E-state index in [-0.39, 0.29) is 12.6 Å². The predicted octanol–water partition coefficient (Wildman–Crippen LogP) is 3.89. The third-order valence-electron chi connectivity index (χ3n) is 6.17. The zero-order valence-corrected chi connectivity index (χ0v) is 16.5. The molecule has 1 heterocycles. The molecular formula is C24H32N2O. The molecule has 1 aliphatic heterocycles. The summed E-state index contributed by atoms with van der Waals surface area (Å²) in [6.07, 6.45) is 2.71. The number of hydrogen-bond donors (Lipinski definition) is 2. The van der Waals surface area contributed by atoms with Crippen LogP contribution in [0.5, 0.6) is 0 Å². The highest BCUT2D eigenvalue weighted by molar-refractivity contribution is 5.63. The third-order valence-corrected chi connectivity index (χ3v) is 6.17. The Balaban J connectivity index is 1.53. The number of aliphatic hydroxyl groups excluding tert-OH is 1. The van der Waals surface area contributed by atoms with Crippen LogP contribution in [0.25, 0.3) is 11.1 Å². The zero-order valence-electron chi connectivity index (χ0n) is 16.5. The Morgan fingerprint density at radius 1 is 0.963 bits per heavy atom. The van der Waals surface area contributed by atoms with Gasteiger partial charge in [-0.15, -0.1) is 0 Å². The number of nitrogens with zero attached hydrogens (tertiary/aromatic N) is 1. The fraction of sp³-hybridized carbons (Fsp3) is 0.500. The molecule has 0 unspecified atom stereocenters. The minimum atomic E-state index is 0.246. The molecule has 2 aliphatic rings. The molecule has 1 saturated heterocycles. The van der Waals surface area contributed by atoms with E-state index < -0.39 is 0 Å². The van der Waals surface area contributed by atoms with Crippen molar-refractivity contribution < 1.29 is 5.11 Å². The summed E-state index contributed by atoms with van der Waals surface area (Å²) in [5, 5.41) is 13.7. The molecule has 2 aromatic carbocycles. The minimum Gasteiger partial charge on any atom is -0.395 e. The maximum atomic E-state index is 10.1. The van der Waals surface area contributed by atoms with Gasteiger partial charge in [0.05, 0.1) is 6.61 Å². The maximum absolute atomic E-state index is 10.1. The molecule has 0 aromatic heterocycles. The summed E-state index contributed by atoms with van der Waals surface area (Å²) in [5.41, 5.74) is 3.87. The van der Waals surface area contributed by atoms with Gasteiger partial charge in [0.25, 0.3) is 0 Å². The summed E-state index contributed by atoms with van der Waals surface area (Å²) in [5.74, 6) is 1.26. The molecule has 0 spiro atoms. The van der Waals surface area contributed by atoms with E-state index in [1.165, 1.54) is 29.5 Å². The number of benzene rings is 2. The second kappa shape index (κ2) is 8.14. The first-order valence-electron chi connectivity index (χ1n) is 10.4. The van der Waals surface area contributed by atoms with Crippen LogP contribution in [0.15, 0.2) is 54.6 Å². The van der Waals surface area contributed by atoms with Crippen LogP contribution in [0.1, 0.15) is 38.2 Å². The lowest BCUT2D eigenvalue weighted by atomic mass is 9.74. The number of nitrogens with one attached hydrogen (secondary N) is 1. The van der Waals surface area contributed by atoms with E-state index in [1.54, 1.807) is 0 Å². The molecule has 3 nitrogen and oxygen atoms in total. The number of rotatable bonds is 8. The minimum absolute atomic E-state index is 0.246. The Morgan fingerprint density at radius 3 is 2.22 bits per heavy atom. The molecule has 144 valence electrons. The number of likely N-dealkylation sites (tertiary alicyclic amines) is 1. The molecule has 27 heavy (non-hydrogen) atoms. The Labute approximate surface area is 163 Å². The van der Waals surface area contributed by atoms with Crippen molar-refractivity contribution in [2.24, 2.45) is 5.92 Å². The van der Waals surface area contributed by atoms with Gasteiger partial charge in [0, 0.05) is 37.1 Å². The highest BCUT2D eigenvalue weighted by Gasteiger charge is 2.49. The topological polar surface area (TPSA) is 35.5 Å². The van der Waals surface area contributed by atoms with Crippen LogP contribution in [0, 0.1) is 5.92 Å². The van der Waals surface area contributed by atoms with Crippen molar-refractivity contribution in [2.75, 3.05) is 19.7 Å². The van der Waals surface area contributed by atoms with Crippen LogP contribution in [0.4, 0.5) is 0 Å². The van der Waals surface area contributed by atoms with E-state index >= 15 is 0 Å². The van der Waals surface area contributed by atoms with Gasteiger partial charge in [0.15, 0.2) is 0 Å². The van der Waals surface area contributed by atoms with Gasteiger partial charge >= 0.3 is 0 Å². The van der Waals surface area contributed by atoms with Crippen molar-refractivity contribution in [3.63, 3.8) is 0 Å². The molecular weight excluding hydrogens is 332 g/mol. The maximum Gasteiger partial charge on any atom is 0.0593 e. The smallest absolute Gasteiger partial charge is 0.0593 e. The third kappa shape index (κ3) is 4.11. The van der Waals surface area contributed by atoms with Crippen molar-refractivity contribution in [3.8, 4) is 11.1 Å². The van der Waals surface area contributed by atoms with E-state index in [9.17, 15) is 5.11 Å². The van der Waals surface area contributed by atoms with Gasteiger partial charge in [-0.2, -0.15) is 0 Å². The average Bonchev–Trinajstić information content (AvgIpc) is 3.50. The van der Waals surface area contributed by atoms with Gasteiger partial charge < -0.3 is 10.4 Å². The van der Waals surface area contributed by atoms with Crippen LogP contribution in [-0.4, -0.2) is 47.8 Å². The fourth-order valence-electron chi connectivity index (χ4n) is 4.47. The van der Waals surface area contributed by atoms with E-state index in [1.807, 2.05) is 0 Å². The summed E-state index contributed by atoms with van der Waals surface area (Å²) in [6, 6.07) is 20.8. The molecule has 3 atom stereocenters. The molecule has 4 rings (SSSR count). The SMILES string of the molecule is CC(C)NC[C@H]1[C@@H](c2ccc(-c3ccccc3)cc2)[C@@H](CO)N1CC1CC1. The Morgan fingerprint density at radius 2 is 1.63 bits per heavy atom. The van der Waals surface area contributed by atoms with Gasteiger partial charge in [-0.25, -0.2) is 0 Å². The van der Waals surface area contributed by atoms with Gasteiger partial charge in [-0.05, 0) is 35.4 Å². The summed E-state index contributed by atoms with van der Waals surface area (Å²) in [6.45, 7) is 6.80. The fourth-order valence-corrected chi connectivity index (χ4v) is 4.47. The summed E-state index contributed by atoms with van der Waals surface area (Å²) in [4.78, 5) is 2.56. The standard InChI is InChI=1S/C24H32N2O/c1-17(2)25-14-22-24(23(16-27)26(22)15-18-8-9-18)21-12-10-20(11-13-21)19-6-4-3-5-7-19/h3-7,10-13,17-18,22-25,27H,8-9,14-16H2,1-2H3/t22-,23+,24+/m0/s1. The molecule has 0 amide bonds. The van der Waals surface area contributed by atoms with Crippen LogP contribution in [0.3, 0.4) is 0 Å². The van der Waals surface area contributed by atoms with Gasteiger partial charge in [-0.3, -0.25) is 4.90 Å². The van der Waals surface area contributed by atoms with Crippen LogP contribution in [-0.2, 0) is 0 Å². The van der Waals surface area contributed by atoms with Crippen molar-refractivity contribution in [2.45, 2.75) is 50.7 Å². The predicted molar refractivity (Wildman–Crippen MR) is 112 cm³/mol. The Kier molecular flexibility index (Phi) is 5.63. The number of aliphatic hydroxyl groups is 1. The molecule has 2 aromatic rings. The molecule has 2 N–H and O–H groups in total. The Bertz CT molecular complexity index is 724. The highest BCUT2D eigenvalue weighted by atomic mass is 16.3. The molecule has 3 heteroatoms. The lowest BCUT2D eigenvalue weighted by molar-refractivity contribution is -0.0458. The zero-order chi connectivity index (χ0) is 18.8. The second-order valence-corrected chi connectivity index (χ2v) is 8.53. The molecule has 1 saturated carbocycles. The molecule has 1 aliphatic carbocycles. The van der Waals surface area contributed by atoms with E-state index in [2.05, 4.69) is 78.7 Å². The number of hydrogen-bond acceptors (Lipinski definition) is 3. The highest BCUT2D eigenvalue weighted by Crippen LogP contribution is 2.44. The van der Waals surface area contributed by atoms with E-state index in [4.69, 9.17) is 0 Å². The largest absolute Gasteiger partial charge is 0.395 e. The summed E-state index contributed by atoms with van der Waals surface area (Å²) < 4.78 is 0. The lowest BCUT2D eigenvalue weighted by Gasteiger charge is -2.55. The summed E-state index contributed by atoms with van der Waals surface area (Å²) >= 11 is 0. The lowest BCUT2D eigenvalue weighted by Crippen LogP contribution is -2.67. The van der Waals surface area contributed by atoms with Crippen molar-refractivity contribution in [1.29, 1.82) is 0 Å². The van der Waals surface area contributed by atoms with Crippen molar-refractivity contribution in [3.05, 3.63) is 60.2 Å². The van der Waals surface area contributed by atoms with E-state index in [0.29, 0.717) is 18.0 Å². The van der Waals surface area contributed by atoms with Crippen molar-refractivity contribution in [1.82, 2.24) is 10.2 Å². The van der Waals surface area contributed by atoms with Crippen LogP contribution >= 0.6 is 0 Å². The van der Waals surface area contributed by atoms with Crippen LogP contribution in [0.2, 0.25) is 0 Å². The monoisotopic (exact) mass is 364 g/mol. The van der Waals surface area contributed by atoms with Crippen molar-refractivity contribution >= 4 is 0 Å². The average molecular weight is 365 g/mol. The first kappa shape index (κ1) is 18.7. The van der Waals surface area contributed by atoms with Gasteiger partial charge in [-0.1, -0.05) is 68.4 Å². The second-order valence-electron chi connectivity index (χ2n) is 8.53. The normalized spacial score (nSPS) is 25.6.